The molecule has 0 aliphatic rings. The van der Waals surface area contributed by atoms with Crippen LogP contribution in [0.15, 0.2) is 18.2 Å². The number of amides is 1. The van der Waals surface area contributed by atoms with Gasteiger partial charge >= 0.3 is 0 Å². The van der Waals surface area contributed by atoms with Crippen molar-refractivity contribution in [3.05, 3.63) is 23.8 Å². The number of rotatable bonds is 7. The van der Waals surface area contributed by atoms with E-state index in [4.69, 9.17) is 15.2 Å². The Morgan fingerprint density at radius 2 is 1.71 bits per heavy atom. The molecule has 24 heavy (non-hydrogen) atoms. The normalized spacial score (nSPS) is 13.5. The van der Waals surface area contributed by atoms with Crippen LogP contribution in [0, 0.1) is 5.41 Å². The van der Waals surface area contributed by atoms with Crippen LogP contribution in [-0.2, 0) is 4.79 Å². The van der Waals surface area contributed by atoms with E-state index in [1.165, 1.54) is 0 Å². The van der Waals surface area contributed by atoms with Gasteiger partial charge in [0.2, 0.25) is 5.91 Å². The zero-order valence-corrected chi connectivity index (χ0v) is 16.3. The molecule has 0 aliphatic carbocycles. The van der Waals surface area contributed by atoms with Crippen LogP contribution in [0.5, 0.6) is 11.5 Å². The maximum Gasteiger partial charge on any atom is 0.237 e. The Bertz CT molecular complexity index is 529. The Labute approximate surface area is 151 Å². The summed E-state index contributed by atoms with van der Waals surface area (Å²) in [7, 11) is 0. The van der Waals surface area contributed by atoms with Gasteiger partial charge in [-0.2, -0.15) is 0 Å². The molecule has 0 aromatic heterocycles. The number of halogens is 1. The third-order valence-corrected chi connectivity index (χ3v) is 3.64. The largest absolute Gasteiger partial charge is 0.490 e. The molecule has 1 rings (SSSR count). The Balaban J connectivity index is 0.00000529. The highest BCUT2D eigenvalue weighted by Crippen LogP contribution is 2.31. The predicted molar refractivity (Wildman–Crippen MR) is 100 cm³/mol. The summed E-state index contributed by atoms with van der Waals surface area (Å²) in [5, 5.41) is 2.96. The first kappa shape index (κ1) is 22.5. The molecule has 3 N–H and O–H groups in total. The molecule has 0 fully saturated rings. The minimum atomic E-state index is -0.556. The van der Waals surface area contributed by atoms with E-state index in [1.54, 1.807) is 0 Å². The molecule has 2 atom stereocenters. The minimum Gasteiger partial charge on any atom is -0.490 e. The second kappa shape index (κ2) is 9.74. The topological polar surface area (TPSA) is 73.6 Å². The van der Waals surface area contributed by atoms with Gasteiger partial charge in [-0.15, -0.1) is 12.4 Å². The molecular formula is C18H31ClN2O3. The van der Waals surface area contributed by atoms with Crippen LogP contribution in [0.1, 0.15) is 53.1 Å². The van der Waals surface area contributed by atoms with Gasteiger partial charge in [0.15, 0.2) is 11.5 Å². The van der Waals surface area contributed by atoms with Gasteiger partial charge in [0.25, 0.3) is 0 Å². The van der Waals surface area contributed by atoms with Crippen molar-refractivity contribution in [2.24, 2.45) is 11.1 Å². The van der Waals surface area contributed by atoms with Crippen molar-refractivity contribution in [1.29, 1.82) is 0 Å². The molecule has 1 aromatic rings. The van der Waals surface area contributed by atoms with Crippen LogP contribution in [-0.4, -0.2) is 25.2 Å². The van der Waals surface area contributed by atoms with E-state index in [0.717, 1.165) is 5.56 Å². The summed E-state index contributed by atoms with van der Waals surface area (Å²) in [6, 6.07) is 4.99. The highest BCUT2D eigenvalue weighted by molar-refractivity contribution is 5.85. The Morgan fingerprint density at radius 3 is 2.21 bits per heavy atom. The summed E-state index contributed by atoms with van der Waals surface area (Å²) >= 11 is 0. The molecular weight excluding hydrogens is 328 g/mol. The lowest BCUT2D eigenvalue weighted by Crippen LogP contribution is -2.49. The lowest BCUT2D eigenvalue weighted by Gasteiger charge is -2.27. The van der Waals surface area contributed by atoms with Gasteiger partial charge in [0.1, 0.15) is 0 Å². The molecule has 6 heteroatoms. The van der Waals surface area contributed by atoms with E-state index in [9.17, 15) is 4.79 Å². The summed E-state index contributed by atoms with van der Waals surface area (Å²) < 4.78 is 11.2. The number of benzene rings is 1. The molecule has 0 aliphatic heterocycles. The molecule has 1 aromatic carbocycles. The van der Waals surface area contributed by atoms with E-state index in [0.29, 0.717) is 24.7 Å². The second-order valence-electron chi connectivity index (χ2n) is 6.65. The summed E-state index contributed by atoms with van der Waals surface area (Å²) in [6.07, 6.45) is 0. The Morgan fingerprint density at radius 1 is 1.17 bits per heavy atom. The van der Waals surface area contributed by atoms with Gasteiger partial charge in [0.05, 0.1) is 25.3 Å². The smallest absolute Gasteiger partial charge is 0.237 e. The van der Waals surface area contributed by atoms with Crippen LogP contribution < -0.4 is 20.5 Å². The Kier molecular flexibility index (Phi) is 9.15. The predicted octanol–water partition coefficient (Wildman–Crippen LogP) is 3.46. The highest BCUT2D eigenvalue weighted by Gasteiger charge is 2.28. The van der Waals surface area contributed by atoms with Crippen LogP contribution in [0.2, 0.25) is 0 Å². The fourth-order valence-electron chi connectivity index (χ4n) is 2.12. The van der Waals surface area contributed by atoms with E-state index >= 15 is 0 Å². The molecule has 0 heterocycles. The van der Waals surface area contributed by atoms with Gasteiger partial charge in [-0.1, -0.05) is 26.8 Å². The summed E-state index contributed by atoms with van der Waals surface area (Å²) in [5.74, 6) is 1.24. The van der Waals surface area contributed by atoms with Crippen molar-refractivity contribution in [1.82, 2.24) is 5.32 Å². The Hall–Kier alpha value is -1.46. The van der Waals surface area contributed by atoms with E-state index in [2.05, 4.69) is 5.32 Å². The van der Waals surface area contributed by atoms with Gasteiger partial charge in [0, 0.05) is 0 Å². The number of nitrogens with one attached hydrogen (secondary N) is 1. The lowest BCUT2D eigenvalue weighted by molar-refractivity contribution is -0.125. The monoisotopic (exact) mass is 358 g/mol. The zero-order chi connectivity index (χ0) is 17.6. The molecule has 0 saturated heterocycles. The fourth-order valence-corrected chi connectivity index (χ4v) is 2.12. The maximum absolute atomic E-state index is 12.3. The summed E-state index contributed by atoms with van der Waals surface area (Å²) in [6.45, 7) is 12.8. The number of carbonyl (C=O) groups is 1. The molecule has 0 radical (unpaired) electrons. The first-order valence-electron chi connectivity index (χ1n) is 8.16. The molecule has 0 bridgehead atoms. The van der Waals surface area contributed by atoms with Gasteiger partial charge in [-0.3, -0.25) is 4.79 Å². The third kappa shape index (κ3) is 6.21. The average molecular weight is 359 g/mol. The van der Waals surface area contributed by atoms with Crippen LogP contribution in [0.4, 0.5) is 0 Å². The van der Waals surface area contributed by atoms with Crippen molar-refractivity contribution >= 4 is 18.3 Å². The molecule has 138 valence electrons. The number of nitrogens with two attached hydrogens (primary N) is 1. The molecule has 5 nitrogen and oxygen atoms in total. The number of hydrogen-bond acceptors (Lipinski definition) is 4. The standard InChI is InChI=1S/C18H30N2O3.ClH/c1-7-22-14-10-9-13(11-15(14)23-8-2)12(3)20-17(21)16(19)18(4,5)6;/h9-12,16H,7-8,19H2,1-6H3,(H,20,21);1H/t12?,16-;/m1./s1. The first-order chi connectivity index (χ1) is 10.7. The molecule has 0 saturated carbocycles. The van der Waals surface area contributed by atoms with Crippen molar-refractivity contribution < 1.29 is 14.3 Å². The molecule has 1 amide bonds. The van der Waals surface area contributed by atoms with Crippen molar-refractivity contribution in [3.63, 3.8) is 0 Å². The SMILES string of the molecule is CCOc1ccc(C(C)NC(=O)[C@@H](N)C(C)(C)C)cc1OCC.Cl. The van der Waals surface area contributed by atoms with Crippen LogP contribution in [0.25, 0.3) is 0 Å². The number of carbonyl (C=O) groups excluding carboxylic acids is 1. The quantitative estimate of drug-likeness (QED) is 0.782. The van der Waals surface area contributed by atoms with Crippen LogP contribution >= 0.6 is 12.4 Å². The minimum absolute atomic E-state index is 0. The third-order valence-electron chi connectivity index (χ3n) is 3.64. The van der Waals surface area contributed by atoms with Gasteiger partial charge in [-0.25, -0.2) is 0 Å². The molecule has 0 spiro atoms. The first-order valence-corrected chi connectivity index (χ1v) is 8.16. The zero-order valence-electron chi connectivity index (χ0n) is 15.5. The van der Waals surface area contributed by atoms with Gasteiger partial charge < -0.3 is 20.5 Å². The number of ether oxygens (including phenoxy) is 2. The molecule has 1 unspecified atom stereocenters. The van der Waals surface area contributed by atoms with Crippen molar-refractivity contribution in [2.75, 3.05) is 13.2 Å². The van der Waals surface area contributed by atoms with E-state index < -0.39 is 6.04 Å². The van der Waals surface area contributed by atoms with Crippen molar-refractivity contribution in [2.45, 2.75) is 53.6 Å². The lowest BCUT2D eigenvalue weighted by atomic mass is 9.86. The number of hydrogen-bond donors (Lipinski definition) is 2. The van der Waals surface area contributed by atoms with Gasteiger partial charge in [-0.05, 0) is 43.9 Å². The maximum atomic E-state index is 12.3. The average Bonchev–Trinajstić information content (AvgIpc) is 2.47. The summed E-state index contributed by atoms with van der Waals surface area (Å²) in [4.78, 5) is 12.3. The second-order valence-corrected chi connectivity index (χ2v) is 6.65. The summed E-state index contributed by atoms with van der Waals surface area (Å²) in [5.41, 5.74) is 6.68. The van der Waals surface area contributed by atoms with E-state index in [-0.39, 0.29) is 29.8 Å². The van der Waals surface area contributed by atoms with Crippen LogP contribution in [0.3, 0.4) is 0 Å². The van der Waals surface area contributed by atoms with E-state index in [1.807, 2.05) is 59.7 Å². The highest BCUT2D eigenvalue weighted by atomic mass is 35.5. The van der Waals surface area contributed by atoms with Crippen molar-refractivity contribution in [3.8, 4) is 11.5 Å². The fraction of sp³-hybridized carbons (Fsp3) is 0.611.